The fourth-order valence-electron chi connectivity index (χ4n) is 3.91. The van der Waals surface area contributed by atoms with E-state index in [1.807, 2.05) is 24.3 Å². The van der Waals surface area contributed by atoms with Gasteiger partial charge in [0.25, 0.3) is 0 Å². The SMILES string of the molecule is CCCCC(CC)COc1ccc(S(=O)(=O)N2CCN(c3ccc(N=[NH2+])cc3)CC2)cc1. The second-order valence-corrected chi connectivity index (χ2v) is 10.2. The predicted octanol–water partition coefficient (Wildman–Crippen LogP) is 3.64. The van der Waals surface area contributed by atoms with Crippen molar-refractivity contribution < 1.29 is 18.7 Å². The van der Waals surface area contributed by atoms with Crippen LogP contribution in [0.2, 0.25) is 0 Å². The summed E-state index contributed by atoms with van der Waals surface area (Å²) in [5, 5.41) is 3.66. The van der Waals surface area contributed by atoms with E-state index in [0.29, 0.717) is 49.3 Å². The van der Waals surface area contributed by atoms with Gasteiger partial charge in [0.05, 0.1) is 11.5 Å². The van der Waals surface area contributed by atoms with Gasteiger partial charge in [-0.2, -0.15) is 9.84 Å². The van der Waals surface area contributed by atoms with Gasteiger partial charge < -0.3 is 9.64 Å². The Morgan fingerprint density at radius 1 is 1.00 bits per heavy atom. The van der Waals surface area contributed by atoms with E-state index in [2.05, 4.69) is 23.9 Å². The van der Waals surface area contributed by atoms with Crippen LogP contribution in [0.5, 0.6) is 5.75 Å². The van der Waals surface area contributed by atoms with Crippen molar-refractivity contribution >= 4 is 21.4 Å². The Labute approximate surface area is 191 Å². The van der Waals surface area contributed by atoms with E-state index < -0.39 is 10.0 Å². The molecular weight excluding hydrogens is 424 g/mol. The Hall–Kier alpha value is -2.45. The van der Waals surface area contributed by atoms with E-state index in [-0.39, 0.29) is 0 Å². The molecule has 0 spiro atoms. The maximum absolute atomic E-state index is 13.1. The Morgan fingerprint density at radius 2 is 1.66 bits per heavy atom. The minimum absolute atomic E-state index is 0.310. The van der Waals surface area contributed by atoms with Gasteiger partial charge in [0.1, 0.15) is 11.4 Å². The van der Waals surface area contributed by atoms with E-state index >= 15 is 0 Å². The van der Waals surface area contributed by atoms with Crippen LogP contribution in [0, 0.1) is 5.92 Å². The molecule has 32 heavy (non-hydrogen) atoms. The van der Waals surface area contributed by atoms with Crippen molar-refractivity contribution in [3.05, 3.63) is 48.5 Å². The van der Waals surface area contributed by atoms with Crippen LogP contribution in [-0.4, -0.2) is 45.5 Å². The van der Waals surface area contributed by atoms with Crippen LogP contribution in [0.3, 0.4) is 0 Å². The van der Waals surface area contributed by atoms with E-state index in [0.717, 1.165) is 24.3 Å². The number of piperazine rings is 1. The number of hydrogen-bond acceptors (Lipinski definition) is 5. The highest BCUT2D eigenvalue weighted by Gasteiger charge is 2.28. The van der Waals surface area contributed by atoms with E-state index in [9.17, 15) is 8.42 Å². The molecule has 0 aliphatic carbocycles. The number of anilines is 1. The third-order valence-electron chi connectivity index (χ3n) is 6.09. The summed E-state index contributed by atoms with van der Waals surface area (Å²) < 4.78 is 33.7. The lowest BCUT2D eigenvalue weighted by atomic mass is 10.0. The molecule has 1 aliphatic heterocycles. The van der Waals surface area contributed by atoms with E-state index in [1.54, 1.807) is 28.6 Å². The quantitative estimate of drug-likeness (QED) is 0.520. The lowest BCUT2D eigenvalue weighted by Gasteiger charge is -2.35. The van der Waals surface area contributed by atoms with Gasteiger partial charge in [0.15, 0.2) is 0 Å². The molecular formula is C24H35N4O3S+. The average molecular weight is 460 g/mol. The molecule has 0 saturated carbocycles. The van der Waals surface area contributed by atoms with Crippen LogP contribution in [0.25, 0.3) is 0 Å². The van der Waals surface area contributed by atoms with Gasteiger partial charge in [0.2, 0.25) is 10.0 Å². The number of nitrogens with zero attached hydrogens (tertiary/aromatic N) is 3. The highest BCUT2D eigenvalue weighted by Crippen LogP contribution is 2.25. The molecule has 3 rings (SSSR count). The summed E-state index contributed by atoms with van der Waals surface area (Å²) in [6, 6.07) is 14.5. The van der Waals surface area contributed by atoms with Crippen molar-refractivity contribution in [1.82, 2.24) is 4.31 Å². The number of ether oxygens (including phenoxy) is 1. The molecule has 1 saturated heterocycles. The molecule has 0 bridgehead atoms. The molecule has 2 aromatic carbocycles. The van der Waals surface area contributed by atoms with Gasteiger partial charge in [-0.05, 0) is 66.0 Å². The van der Waals surface area contributed by atoms with Gasteiger partial charge in [-0.15, -0.1) is 0 Å². The molecule has 0 radical (unpaired) electrons. The zero-order valence-electron chi connectivity index (χ0n) is 19.1. The van der Waals surface area contributed by atoms with Crippen molar-refractivity contribution in [2.45, 2.75) is 44.4 Å². The van der Waals surface area contributed by atoms with Gasteiger partial charge in [-0.3, -0.25) is 0 Å². The summed E-state index contributed by atoms with van der Waals surface area (Å²) in [6.45, 7) is 7.21. The predicted molar refractivity (Wildman–Crippen MR) is 127 cm³/mol. The molecule has 0 amide bonds. The van der Waals surface area contributed by atoms with Crippen LogP contribution in [0.15, 0.2) is 58.5 Å². The maximum Gasteiger partial charge on any atom is 0.243 e. The van der Waals surface area contributed by atoms with Crippen LogP contribution in [0.4, 0.5) is 11.4 Å². The zero-order chi connectivity index (χ0) is 23.0. The third-order valence-corrected chi connectivity index (χ3v) is 8.01. The van der Waals surface area contributed by atoms with Crippen LogP contribution < -0.4 is 15.2 Å². The first kappa shape index (κ1) is 24.2. The Morgan fingerprint density at radius 3 is 2.22 bits per heavy atom. The average Bonchev–Trinajstić information content (AvgIpc) is 2.84. The van der Waals surface area contributed by atoms with Gasteiger partial charge >= 0.3 is 0 Å². The number of nitrogens with two attached hydrogens (primary N) is 1. The molecule has 2 aromatic rings. The topological polar surface area (TPSA) is 87.8 Å². The second-order valence-electron chi connectivity index (χ2n) is 8.24. The molecule has 8 heteroatoms. The first-order valence-corrected chi connectivity index (χ1v) is 12.9. The molecule has 2 N–H and O–H groups in total. The summed E-state index contributed by atoms with van der Waals surface area (Å²) in [5.41, 5.74) is 7.05. The molecule has 7 nitrogen and oxygen atoms in total. The smallest absolute Gasteiger partial charge is 0.243 e. The summed E-state index contributed by atoms with van der Waals surface area (Å²) >= 11 is 0. The van der Waals surface area contributed by atoms with E-state index in [1.165, 1.54) is 12.8 Å². The molecule has 174 valence electrons. The number of unbranched alkanes of at least 4 members (excludes halogenated alkanes) is 1. The molecule has 0 aromatic heterocycles. The lowest BCUT2D eigenvalue weighted by molar-refractivity contribution is -0.210. The first-order valence-electron chi connectivity index (χ1n) is 11.5. The highest BCUT2D eigenvalue weighted by molar-refractivity contribution is 7.89. The van der Waals surface area contributed by atoms with Crippen molar-refractivity contribution in [2.24, 2.45) is 11.0 Å². The van der Waals surface area contributed by atoms with Gasteiger partial charge in [0, 0.05) is 31.9 Å². The summed E-state index contributed by atoms with van der Waals surface area (Å²) in [4.78, 5) is 2.48. The molecule has 1 atom stereocenters. The lowest BCUT2D eigenvalue weighted by Crippen LogP contribution is -2.48. The fraction of sp³-hybridized carbons (Fsp3) is 0.500. The molecule has 1 fully saturated rings. The van der Waals surface area contributed by atoms with Gasteiger partial charge in [-0.1, -0.05) is 33.1 Å². The van der Waals surface area contributed by atoms with Crippen molar-refractivity contribution in [3.8, 4) is 5.75 Å². The second kappa shape index (κ2) is 11.4. The fourth-order valence-corrected chi connectivity index (χ4v) is 5.33. The van der Waals surface area contributed by atoms with Crippen LogP contribution in [0.1, 0.15) is 39.5 Å². The summed E-state index contributed by atoms with van der Waals surface area (Å²) in [5.74, 6) is 1.26. The largest absolute Gasteiger partial charge is 0.493 e. The molecule has 1 aliphatic rings. The minimum Gasteiger partial charge on any atom is -0.493 e. The normalized spacial score (nSPS) is 16.0. The number of sulfonamides is 1. The Kier molecular flexibility index (Phi) is 8.64. The van der Waals surface area contributed by atoms with Crippen molar-refractivity contribution in [1.29, 1.82) is 0 Å². The minimum atomic E-state index is -3.52. The highest BCUT2D eigenvalue weighted by atomic mass is 32.2. The Bertz CT molecular complexity index is 954. The van der Waals surface area contributed by atoms with Crippen molar-refractivity contribution in [3.63, 3.8) is 0 Å². The Balaban J connectivity index is 1.56. The summed E-state index contributed by atoms with van der Waals surface area (Å²) in [6.07, 6.45) is 4.65. The number of hydrogen-bond donors (Lipinski definition) is 1. The molecule has 1 unspecified atom stereocenters. The number of benzene rings is 2. The first-order chi connectivity index (χ1) is 15.5. The van der Waals surface area contributed by atoms with Crippen molar-refractivity contribution in [2.75, 3.05) is 37.7 Å². The maximum atomic E-state index is 13.1. The number of rotatable bonds is 11. The third kappa shape index (κ3) is 6.07. The monoisotopic (exact) mass is 459 g/mol. The van der Waals surface area contributed by atoms with E-state index in [4.69, 9.17) is 10.3 Å². The zero-order valence-corrected chi connectivity index (χ0v) is 19.9. The van der Waals surface area contributed by atoms with Crippen LogP contribution in [-0.2, 0) is 10.0 Å². The molecule has 1 heterocycles. The van der Waals surface area contributed by atoms with Crippen LogP contribution >= 0.6 is 0 Å². The van der Waals surface area contributed by atoms with Gasteiger partial charge in [-0.25, -0.2) is 8.42 Å². The summed E-state index contributed by atoms with van der Waals surface area (Å²) in [7, 11) is -3.52. The standard InChI is InChI=1S/C24H34N4O3S/c1-3-5-6-20(4-2)19-31-23-11-13-24(14-12-23)32(29,30)28-17-15-27(16-18-28)22-9-7-21(26-25)8-10-22/h7-14,20,25H,3-6,15-19H2,1-2H3/p+1.